The Labute approximate surface area is 213 Å². The van der Waals surface area contributed by atoms with E-state index in [4.69, 9.17) is 10.00 Å². The van der Waals surface area contributed by atoms with Gasteiger partial charge < -0.3 is 20.3 Å². The maximum Gasteiger partial charge on any atom is 0.229 e. The van der Waals surface area contributed by atoms with Gasteiger partial charge in [0, 0.05) is 18.5 Å². The topological polar surface area (TPSA) is 90.3 Å². The molecule has 3 heterocycles. The summed E-state index contributed by atoms with van der Waals surface area (Å²) in [6.07, 6.45) is 12.8. The van der Waals surface area contributed by atoms with Gasteiger partial charge in [-0.05, 0) is 74.7 Å². The lowest BCUT2D eigenvalue weighted by molar-refractivity contribution is -0.115. The molecule has 3 aliphatic rings. The summed E-state index contributed by atoms with van der Waals surface area (Å²) in [5.74, 6) is 0.602. The Morgan fingerprint density at radius 3 is 2.61 bits per heavy atom. The van der Waals surface area contributed by atoms with Gasteiger partial charge in [-0.1, -0.05) is 30.4 Å². The van der Waals surface area contributed by atoms with Crippen molar-refractivity contribution in [2.45, 2.75) is 32.1 Å². The zero-order chi connectivity index (χ0) is 25.2. The van der Waals surface area contributed by atoms with Crippen LogP contribution in [0.5, 0.6) is 0 Å². The maximum absolute atomic E-state index is 12.1. The molecule has 0 radical (unpaired) electrons. The second-order valence-electron chi connectivity index (χ2n) is 9.71. The highest BCUT2D eigenvalue weighted by Crippen LogP contribution is 2.39. The molecule has 0 atom stereocenters. The molecule has 1 aromatic carbocycles. The molecule has 2 aliphatic heterocycles. The van der Waals surface area contributed by atoms with Crippen molar-refractivity contribution in [2.75, 3.05) is 50.1 Å². The molecule has 1 aromatic heterocycles. The smallest absolute Gasteiger partial charge is 0.229 e. The van der Waals surface area contributed by atoms with Gasteiger partial charge in [-0.25, -0.2) is 4.98 Å². The third kappa shape index (κ3) is 7.03. The fourth-order valence-corrected chi connectivity index (χ4v) is 4.62. The SMILES string of the molecule is CNCCc1ccc(C#N)cc1.O=C(CC1=CCCC=C1)Nc1ccc(N2CCC3(COC3)C2)cn1. The monoisotopic (exact) mass is 485 g/mol. The first-order valence-electron chi connectivity index (χ1n) is 12.7. The van der Waals surface area contributed by atoms with E-state index in [2.05, 4.69) is 38.7 Å². The van der Waals surface area contributed by atoms with Crippen LogP contribution in [0.4, 0.5) is 11.5 Å². The van der Waals surface area contributed by atoms with Crippen molar-refractivity contribution in [1.29, 1.82) is 5.26 Å². The highest BCUT2D eigenvalue weighted by molar-refractivity contribution is 5.91. The Kier molecular flexibility index (Phi) is 8.88. The normalized spacial score (nSPS) is 17.4. The number of hydrogen-bond acceptors (Lipinski definition) is 6. The Balaban J connectivity index is 0.000000214. The number of carbonyl (C=O) groups excluding carboxylic acids is 1. The largest absolute Gasteiger partial charge is 0.380 e. The van der Waals surface area contributed by atoms with Crippen molar-refractivity contribution >= 4 is 17.4 Å². The number of ether oxygens (including phenoxy) is 1. The molecule has 1 spiro atoms. The van der Waals surface area contributed by atoms with Crippen LogP contribution < -0.4 is 15.5 Å². The van der Waals surface area contributed by atoms with Gasteiger partial charge in [-0.3, -0.25) is 4.79 Å². The van der Waals surface area contributed by atoms with Crippen molar-refractivity contribution in [3.05, 3.63) is 77.5 Å². The van der Waals surface area contributed by atoms with E-state index in [-0.39, 0.29) is 5.91 Å². The molecule has 2 saturated heterocycles. The maximum atomic E-state index is 12.1. The summed E-state index contributed by atoms with van der Waals surface area (Å²) >= 11 is 0. The van der Waals surface area contributed by atoms with Crippen molar-refractivity contribution in [3.8, 4) is 6.07 Å². The van der Waals surface area contributed by atoms with E-state index in [9.17, 15) is 4.79 Å². The number of benzene rings is 1. The number of hydrogen-bond donors (Lipinski definition) is 2. The summed E-state index contributed by atoms with van der Waals surface area (Å²) in [4.78, 5) is 18.9. The van der Waals surface area contributed by atoms with Gasteiger partial charge in [0.1, 0.15) is 5.82 Å². The standard InChI is InChI=1S/C19H23N3O2.C10H12N2/c23-18(10-15-4-2-1-3-5-15)21-17-7-6-16(11-20-17)22-9-8-19(12-22)13-24-14-19;1-12-7-6-9-2-4-10(8-11)5-3-9/h2,4-7,11H,1,3,8-10,12-14H2,(H,20,21,23);2-5,12H,6-7H2,1H3. The molecule has 5 rings (SSSR count). The highest BCUT2D eigenvalue weighted by Gasteiger charge is 2.44. The molecule has 188 valence electrons. The Morgan fingerprint density at radius 2 is 2.03 bits per heavy atom. The van der Waals surface area contributed by atoms with Crippen LogP contribution in [0.1, 0.15) is 36.8 Å². The summed E-state index contributed by atoms with van der Waals surface area (Å²) in [6.45, 7) is 4.84. The van der Waals surface area contributed by atoms with Crippen LogP contribution in [0.3, 0.4) is 0 Å². The van der Waals surface area contributed by atoms with Gasteiger partial charge in [0.05, 0.1) is 43.2 Å². The van der Waals surface area contributed by atoms with Crippen LogP contribution in [-0.2, 0) is 16.0 Å². The third-order valence-electron chi connectivity index (χ3n) is 6.82. The zero-order valence-corrected chi connectivity index (χ0v) is 21.0. The second kappa shape index (κ2) is 12.5. The number of nitrogens with one attached hydrogen (secondary N) is 2. The van der Waals surface area contributed by atoms with Crippen molar-refractivity contribution < 1.29 is 9.53 Å². The fourth-order valence-electron chi connectivity index (χ4n) is 4.62. The average molecular weight is 486 g/mol. The van der Waals surface area contributed by atoms with Crippen LogP contribution in [0.2, 0.25) is 0 Å². The van der Waals surface area contributed by atoms with E-state index < -0.39 is 0 Å². The second-order valence-corrected chi connectivity index (χ2v) is 9.71. The zero-order valence-electron chi connectivity index (χ0n) is 21.0. The summed E-state index contributed by atoms with van der Waals surface area (Å²) in [5, 5.41) is 14.5. The number of carbonyl (C=O) groups is 1. The molecule has 0 bridgehead atoms. The minimum absolute atomic E-state index is 0.0141. The average Bonchev–Trinajstić information content (AvgIpc) is 3.36. The van der Waals surface area contributed by atoms with Gasteiger partial charge in [-0.15, -0.1) is 0 Å². The molecule has 0 saturated carbocycles. The lowest BCUT2D eigenvalue weighted by Gasteiger charge is -2.37. The number of allylic oxidation sites excluding steroid dienone is 3. The van der Waals surface area contributed by atoms with E-state index in [0.717, 1.165) is 68.9 Å². The molecule has 2 aromatic rings. The number of nitrogens with zero attached hydrogens (tertiary/aromatic N) is 3. The van der Waals surface area contributed by atoms with E-state index >= 15 is 0 Å². The minimum Gasteiger partial charge on any atom is -0.380 e. The molecule has 7 nitrogen and oxygen atoms in total. The van der Waals surface area contributed by atoms with Crippen molar-refractivity contribution in [3.63, 3.8) is 0 Å². The highest BCUT2D eigenvalue weighted by atomic mass is 16.5. The van der Waals surface area contributed by atoms with Gasteiger partial charge in [0.25, 0.3) is 0 Å². The summed E-state index contributed by atoms with van der Waals surface area (Å²) in [6, 6.07) is 13.7. The van der Waals surface area contributed by atoms with E-state index in [0.29, 0.717) is 17.7 Å². The van der Waals surface area contributed by atoms with E-state index in [1.54, 1.807) is 0 Å². The molecular formula is C29H35N5O2. The van der Waals surface area contributed by atoms with Gasteiger partial charge in [-0.2, -0.15) is 5.26 Å². The first kappa shape index (κ1) is 25.6. The van der Waals surface area contributed by atoms with Gasteiger partial charge in [0.15, 0.2) is 0 Å². The van der Waals surface area contributed by atoms with Crippen molar-refractivity contribution in [1.82, 2.24) is 10.3 Å². The number of likely N-dealkylation sites (N-methyl/N-ethyl adjacent to an activating group) is 1. The van der Waals surface area contributed by atoms with Gasteiger partial charge >= 0.3 is 0 Å². The number of anilines is 2. The summed E-state index contributed by atoms with van der Waals surface area (Å²) in [5.41, 5.74) is 4.57. The lowest BCUT2D eigenvalue weighted by atomic mass is 9.85. The van der Waals surface area contributed by atoms with Crippen LogP contribution in [0.15, 0.2) is 66.4 Å². The third-order valence-corrected chi connectivity index (χ3v) is 6.82. The Morgan fingerprint density at radius 1 is 1.19 bits per heavy atom. The lowest BCUT2D eigenvalue weighted by Crippen LogP contribution is -2.44. The van der Waals surface area contributed by atoms with E-state index in [1.807, 2.05) is 55.7 Å². The molecule has 7 heteroatoms. The van der Waals surface area contributed by atoms with Crippen LogP contribution in [-0.4, -0.2) is 50.8 Å². The molecule has 2 N–H and O–H groups in total. The first-order chi connectivity index (χ1) is 17.6. The first-order valence-corrected chi connectivity index (χ1v) is 12.7. The minimum atomic E-state index is -0.0141. The van der Waals surface area contributed by atoms with Crippen LogP contribution >= 0.6 is 0 Å². The molecule has 0 unspecified atom stereocenters. The molecule has 2 fully saturated rings. The molecule has 1 amide bonds. The number of nitriles is 1. The van der Waals surface area contributed by atoms with Crippen molar-refractivity contribution in [2.24, 2.45) is 5.41 Å². The van der Waals surface area contributed by atoms with Gasteiger partial charge in [0.2, 0.25) is 5.91 Å². The fraction of sp³-hybridized carbons (Fsp3) is 0.414. The molecular weight excluding hydrogens is 450 g/mol. The Hall–Kier alpha value is -3.47. The summed E-state index contributed by atoms with van der Waals surface area (Å²) in [7, 11) is 1.93. The van der Waals surface area contributed by atoms with E-state index in [1.165, 1.54) is 12.0 Å². The predicted octanol–water partition coefficient (Wildman–Crippen LogP) is 4.23. The van der Waals surface area contributed by atoms with Crippen LogP contribution in [0.25, 0.3) is 0 Å². The summed E-state index contributed by atoms with van der Waals surface area (Å²) < 4.78 is 5.37. The predicted molar refractivity (Wildman–Crippen MR) is 143 cm³/mol. The molecule has 36 heavy (non-hydrogen) atoms. The number of pyridine rings is 1. The number of amides is 1. The number of aromatic nitrogens is 1. The van der Waals surface area contributed by atoms with Crippen LogP contribution in [0, 0.1) is 16.7 Å². The Bertz CT molecular complexity index is 1110. The molecule has 1 aliphatic carbocycles. The number of rotatable bonds is 7. The quantitative estimate of drug-likeness (QED) is 0.610.